The van der Waals surface area contributed by atoms with E-state index in [1.807, 2.05) is 6.92 Å². The molecule has 1 aromatic rings. The molecule has 6 nitrogen and oxygen atoms in total. The topological polar surface area (TPSA) is 64.7 Å². The molecule has 2 fully saturated rings. The standard InChI is InChI=1S/C18H25FN4O2/c1-2-10-22(13-5-7-20-8-6-13)17(24)15-12-14(3-4-16(15)19)23-11-9-21-18(23)25/h3-4,12-13,20H,2,5-11H2,1H3,(H,21,25). The number of nitrogens with one attached hydrogen (secondary N) is 2. The number of benzene rings is 1. The molecule has 25 heavy (non-hydrogen) atoms. The lowest BCUT2D eigenvalue weighted by Gasteiger charge is -2.35. The minimum absolute atomic E-state index is 0.0455. The van der Waals surface area contributed by atoms with Crippen molar-refractivity contribution in [2.75, 3.05) is 37.6 Å². The molecular formula is C18H25FN4O2. The summed E-state index contributed by atoms with van der Waals surface area (Å²) in [6.45, 7) is 5.44. The first kappa shape index (κ1) is 17.7. The van der Waals surface area contributed by atoms with E-state index in [1.54, 1.807) is 11.0 Å². The van der Waals surface area contributed by atoms with Gasteiger partial charge in [0, 0.05) is 31.4 Å². The van der Waals surface area contributed by atoms with Crippen LogP contribution in [0.2, 0.25) is 0 Å². The second kappa shape index (κ2) is 7.82. The van der Waals surface area contributed by atoms with Crippen LogP contribution in [0, 0.1) is 5.82 Å². The van der Waals surface area contributed by atoms with Crippen molar-refractivity contribution in [1.29, 1.82) is 0 Å². The first-order valence-electron chi connectivity index (χ1n) is 8.98. The van der Waals surface area contributed by atoms with E-state index in [0.717, 1.165) is 32.4 Å². The Labute approximate surface area is 147 Å². The number of anilines is 1. The van der Waals surface area contributed by atoms with Crippen molar-refractivity contribution in [1.82, 2.24) is 15.5 Å². The Morgan fingerprint density at radius 3 is 2.72 bits per heavy atom. The van der Waals surface area contributed by atoms with Crippen molar-refractivity contribution in [3.05, 3.63) is 29.6 Å². The van der Waals surface area contributed by atoms with Crippen molar-refractivity contribution < 1.29 is 14.0 Å². The summed E-state index contributed by atoms with van der Waals surface area (Å²) in [6.07, 6.45) is 2.58. The van der Waals surface area contributed by atoms with Crippen LogP contribution in [-0.2, 0) is 0 Å². The predicted octanol–water partition coefficient (Wildman–Crippen LogP) is 1.96. The Morgan fingerprint density at radius 1 is 1.32 bits per heavy atom. The normalized spacial score (nSPS) is 18.3. The summed E-state index contributed by atoms with van der Waals surface area (Å²) in [5.74, 6) is -0.823. The predicted molar refractivity (Wildman–Crippen MR) is 94.4 cm³/mol. The molecule has 1 aromatic carbocycles. The molecule has 2 heterocycles. The molecule has 0 spiro atoms. The maximum absolute atomic E-state index is 14.4. The van der Waals surface area contributed by atoms with Crippen molar-refractivity contribution in [3.8, 4) is 0 Å². The molecular weight excluding hydrogens is 323 g/mol. The Kier molecular flexibility index (Phi) is 5.53. The van der Waals surface area contributed by atoms with E-state index in [9.17, 15) is 14.0 Å². The van der Waals surface area contributed by atoms with Gasteiger partial charge in [-0.3, -0.25) is 9.69 Å². The highest BCUT2D eigenvalue weighted by atomic mass is 19.1. The molecule has 0 bridgehead atoms. The molecule has 3 rings (SSSR count). The second-order valence-electron chi connectivity index (χ2n) is 6.53. The molecule has 0 unspecified atom stereocenters. The number of carbonyl (C=O) groups is 2. The fraction of sp³-hybridized carbons (Fsp3) is 0.556. The van der Waals surface area contributed by atoms with E-state index in [4.69, 9.17) is 0 Å². The number of hydrogen-bond acceptors (Lipinski definition) is 3. The van der Waals surface area contributed by atoms with E-state index >= 15 is 0 Å². The average molecular weight is 348 g/mol. The van der Waals surface area contributed by atoms with Crippen molar-refractivity contribution in [3.63, 3.8) is 0 Å². The average Bonchev–Trinajstić information content (AvgIpc) is 3.06. The van der Waals surface area contributed by atoms with E-state index in [1.165, 1.54) is 17.0 Å². The number of hydrogen-bond donors (Lipinski definition) is 2. The highest BCUT2D eigenvalue weighted by molar-refractivity contribution is 5.98. The summed E-state index contributed by atoms with van der Waals surface area (Å²) in [4.78, 5) is 28.2. The van der Waals surface area contributed by atoms with Crippen molar-refractivity contribution in [2.45, 2.75) is 32.2 Å². The largest absolute Gasteiger partial charge is 0.336 e. The lowest BCUT2D eigenvalue weighted by molar-refractivity contribution is 0.0638. The van der Waals surface area contributed by atoms with Crippen LogP contribution in [0.4, 0.5) is 14.9 Å². The summed E-state index contributed by atoms with van der Waals surface area (Å²) in [6, 6.07) is 4.25. The molecule has 0 aromatic heterocycles. The van der Waals surface area contributed by atoms with Crippen LogP contribution in [0.25, 0.3) is 0 Å². The van der Waals surface area contributed by atoms with Crippen LogP contribution >= 0.6 is 0 Å². The van der Waals surface area contributed by atoms with Crippen molar-refractivity contribution >= 4 is 17.6 Å². The summed E-state index contributed by atoms with van der Waals surface area (Å²) >= 11 is 0. The molecule has 7 heteroatoms. The van der Waals surface area contributed by atoms with Crippen molar-refractivity contribution in [2.24, 2.45) is 0 Å². The molecule has 3 amide bonds. The van der Waals surface area contributed by atoms with Crippen LogP contribution in [0.1, 0.15) is 36.5 Å². The van der Waals surface area contributed by atoms with Gasteiger partial charge in [0.15, 0.2) is 0 Å². The number of halogens is 1. The van der Waals surface area contributed by atoms with E-state index < -0.39 is 5.82 Å². The third-order valence-electron chi connectivity index (χ3n) is 4.82. The Hall–Kier alpha value is -2.15. The monoisotopic (exact) mass is 348 g/mol. The number of nitrogens with zero attached hydrogens (tertiary/aromatic N) is 2. The van der Waals surface area contributed by atoms with Gasteiger partial charge in [0.2, 0.25) is 0 Å². The molecule has 0 aliphatic carbocycles. The molecule has 2 aliphatic rings. The quantitative estimate of drug-likeness (QED) is 0.855. The zero-order chi connectivity index (χ0) is 17.8. The SMILES string of the molecule is CCCN(C(=O)c1cc(N2CCNC2=O)ccc1F)C1CCNCC1. The zero-order valence-corrected chi connectivity index (χ0v) is 14.6. The zero-order valence-electron chi connectivity index (χ0n) is 14.6. The van der Waals surface area contributed by atoms with Crippen LogP contribution in [-0.4, -0.2) is 55.6 Å². The van der Waals surface area contributed by atoms with E-state index in [2.05, 4.69) is 10.6 Å². The molecule has 2 N–H and O–H groups in total. The highest BCUT2D eigenvalue weighted by Gasteiger charge is 2.29. The van der Waals surface area contributed by atoms with Gasteiger partial charge in [0.05, 0.1) is 5.56 Å². The Balaban J connectivity index is 1.87. The lowest BCUT2D eigenvalue weighted by Crippen LogP contribution is -2.46. The van der Waals surface area contributed by atoms with Gasteiger partial charge < -0.3 is 15.5 Å². The van der Waals surface area contributed by atoms with Crippen LogP contribution in [0.5, 0.6) is 0 Å². The number of urea groups is 1. The minimum atomic E-state index is -0.539. The molecule has 2 aliphatic heterocycles. The Bertz CT molecular complexity index is 646. The van der Waals surface area contributed by atoms with Crippen LogP contribution < -0.4 is 15.5 Å². The fourth-order valence-electron chi connectivity index (χ4n) is 3.53. The van der Waals surface area contributed by atoms with Gasteiger partial charge in [-0.25, -0.2) is 9.18 Å². The first-order chi connectivity index (χ1) is 12.1. The maximum Gasteiger partial charge on any atom is 0.321 e. The van der Waals surface area contributed by atoms with Gasteiger partial charge in [-0.15, -0.1) is 0 Å². The summed E-state index contributed by atoms with van der Waals surface area (Å²) in [5.41, 5.74) is 0.602. The number of carbonyl (C=O) groups excluding carboxylic acids is 2. The first-order valence-corrected chi connectivity index (χ1v) is 8.98. The number of rotatable bonds is 5. The highest BCUT2D eigenvalue weighted by Crippen LogP contribution is 2.24. The van der Waals surface area contributed by atoms with E-state index in [0.29, 0.717) is 25.3 Å². The molecule has 136 valence electrons. The molecule has 0 atom stereocenters. The molecule has 2 saturated heterocycles. The van der Waals surface area contributed by atoms with Crippen LogP contribution in [0.3, 0.4) is 0 Å². The molecule has 0 radical (unpaired) electrons. The third kappa shape index (κ3) is 3.76. The van der Waals surface area contributed by atoms with Gasteiger partial charge >= 0.3 is 6.03 Å². The van der Waals surface area contributed by atoms with Gasteiger partial charge in [-0.1, -0.05) is 6.92 Å². The van der Waals surface area contributed by atoms with Crippen LogP contribution in [0.15, 0.2) is 18.2 Å². The molecule has 0 saturated carbocycles. The number of amides is 3. The minimum Gasteiger partial charge on any atom is -0.336 e. The van der Waals surface area contributed by atoms with Gasteiger partial charge in [-0.05, 0) is 50.6 Å². The maximum atomic E-state index is 14.4. The smallest absolute Gasteiger partial charge is 0.321 e. The number of piperidine rings is 1. The fourth-order valence-corrected chi connectivity index (χ4v) is 3.53. The summed E-state index contributed by atoms with van der Waals surface area (Å²) < 4.78 is 14.4. The van der Waals surface area contributed by atoms with Gasteiger partial charge in [-0.2, -0.15) is 0 Å². The van der Waals surface area contributed by atoms with E-state index in [-0.39, 0.29) is 23.5 Å². The Morgan fingerprint density at radius 2 is 2.08 bits per heavy atom. The van der Waals surface area contributed by atoms with Gasteiger partial charge in [0.25, 0.3) is 5.91 Å². The third-order valence-corrected chi connectivity index (χ3v) is 4.82. The lowest BCUT2D eigenvalue weighted by atomic mass is 10.0. The summed E-state index contributed by atoms with van der Waals surface area (Å²) in [7, 11) is 0. The summed E-state index contributed by atoms with van der Waals surface area (Å²) in [5, 5.41) is 6.01. The second-order valence-corrected chi connectivity index (χ2v) is 6.53. The van der Waals surface area contributed by atoms with Gasteiger partial charge in [0.1, 0.15) is 5.82 Å².